The molecule has 1 amide bonds. The number of nitrogens with zero attached hydrogens (tertiary/aromatic N) is 1. The number of benzene rings is 2. The first-order valence-corrected chi connectivity index (χ1v) is 11.9. The van der Waals surface area contributed by atoms with Gasteiger partial charge in [0, 0.05) is 36.6 Å². The lowest BCUT2D eigenvalue weighted by Crippen LogP contribution is -2.52. The summed E-state index contributed by atoms with van der Waals surface area (Å²) in [4.78, 5) is 23.4. The Morgan fingerprint density at radius 3 is 2.38 bits per heavy atom. The summed E-state index contributed by atoms with van der Waals surface area (Å²) in [6.45, 7) is 1.40. The number of nitrogens with two attached hydrogens (primary N) is 1. The number of hydrogen-bond acceptors (Lipinski definition) is 4. The second kappa shape index (κ2) is 8.04. The first kappa shape index (κ1) is 22.5. The zero-order valence-electron chi connectivity index (χ0n) is 17.6. The van der Waals surface area contributed by atoms with Crippen LogP contribution in [0.2, 0.25) is 0 Å². The third kappa shape index (κ3) is 3.63. The molecule has 2 N–H and O–H groups in total. The van der Waals surface area contributed by atoms with E-state index in [9.17, 15) is 22.4 Å². The first-order valence-electron chi connectivity index (χ1n) is 10.4. The highest BCUT2D eigenvalue weighted by Gasteiger charge is 2.52. The largest absolute Gasteiger partial charge is 0.369 e. The van der Waals surface area contributed by atoms with Crippen LogP contribution >= 0.6 is 0 Å². The lowest BCUT2D eigenvalue weighted by Gasteiger charge is -2.39. The average Bonchev–Trinajstić information content (AvgIpc) is 2.71. The van der Waals surface area contributed by atoms with Crippen molar-refractivity contribution in [2.24, 2.45) is 5.73 Å². The Morgan fingerprint density at radius 1 is 1.12 bits per heavy atom. The molecule has 1 aliphatic heterocycles. The SMILES string of the molecule is C[C@H]1CC[C@H](c2ccccc2)S(=O)(=O)N1Cc1cc(F)c(C2(C(N)=O)CC(=O)C2)cc1F. The summed E-state index contributed by atoms with van der Waals surface area (Å²) in [6.07, 6.45) is 0.478. The van der Waals surface area contributed by atoms with E-state index in [2.05, 4.69) is 0 Å². The fraction of sp³-hybridized carbons (Fsp3) is 0.391. The van der Waals surface area contributed by atoms with E-state index in [0.29, 0.717) is 18.4 Å². The van der Waals surface area contributed by atoms with E-state index in [1.54, 1.807) is 37.3 Å². The molecule has 1 aliphatic carbocycles. The van der Waals surface area contributed by atoms with Crippen LogP contribution in [0.4, 0.5) is 8.78 Å². The summed E-state index contributed by atoms with van der Waals surface area (Å²) in [6, 6.07) is 10.2. The third-order valence-electron chi connectivity index (χ3n) is 6.64. The predicted octanol–water partition coefficient (Wildman–Crippen LogP) is 3.11. The third-order valence-corrected chi connectivity index (χ3v) is 9.01. The molecule has 1 heterocycles. The molecule has 9 heteroatoms. The van der Waals surface area contributed by atoms with Crippen LogP contribution in [-0.2, 0) is 31.6 Å². The van der Waals surface area contributed by atoms with Gasteiger partial charge in [0.2, 0.25) is 15.9 Å². The van der Waals surface area contributed by atoms with Gasteiger partial charge in [0.1, 0.15) is 22.7 Å². The molecule has 0 bridgehead atoms. The van der Waals surface area contributed by atoms with Gasteiger partial charge < -0.3 is 5.73 Å². The molecule has 0 aromatic heterocycles. The Bertz CT molecular complexity index is 1180. The number of halogens is 2. The smallest absolute Gasteiger partial charge is 0.229 e. The van der Waals surface area contributed by atoms with Crippen LogP contribution in [0.5, 0.6) is 0 Å². The molecule has 2 aromatic carbocycles. The van der Waals surface area contributed by atoms with Crippen LogP contribution in [-0.4, -0.2) is 30.5 Å². The van der Waals surface area contributed by atoms with Crippen LogP contribution < -0.4 is 5.73 Å². The number of sulfonamides is 1. The summed E-state index contributed by atoms with van der Waals surface area (Å²) < 4.78 is 57.9. The normalized spacial score (nSPS) is 24.7. The van der Waals surface area contributed by atoms with Gasteiger partial charge in [-0.2, -0.15) is 4.31 Å². The number of carbonyl (C=O) groups excluding carboxylic acids is 2. The summed E-state index contributed by atoms with van der Waals surface area (Å²) in [7, 11) is -3.82. The molecular formula is C23H24F2N2O4S. The van der Waals surface area contributed by atoms with E-state index in [1.165, 1.54) is 4.31 Å². The molecule has 2 aliphatic rings. The van der Waals surface area contributed by atoms with Gasteiger partial charge in [-0.25, -0.2) is 17.2 Å². The van der Waals surface area contributed by atoms with Crippen molar-refractivity contribution in [3.05, 3.63) is 70.8 Å². The summed E-state index contributed by atoms with van der Waals surface area (Å²) in [5.41, 5.74) is 4.09. The van der Waals surface area contributed by atoms with Crippen LogP contribution in [0, 0.1) is 11.6 Å². The zero-order valence-corrected chi connectivity index (χ0v) is 18.4. The monoisotopic (exact) mass is 462 g/mol. The van der Waals surface area contributed by atoms with Gasteiger partial charge >= 0.3 is 0 Å². The van der Waals surface area contributed by atoms with Crippen molar-refractivity contribution in [2.75, 3.05) is 0 Å². The van der Waals surface area contributed by atoms with E-state index in [1.807, 2.05) is 0 Å². The number of primary amides is 1. The average molecular weight is 463 g/mol. The minimum atomic E-state index is -3.82. The topological polar surface area (TPSA) is 97.5 Å². The first-order chi connectivity index (χ1) is 15.1. The maximum Gasteiger partial charge on any atom is 0.229 e. The molecule has 2 aromatic rings. The highest BCUT2D eigenvalue weighted by Crippen LogP contribution is 2.43. The molecule has 2 atom stereocenters. The summed E-state index contributed by atoms with van der Waals surface area (Å²) in [5.74, 6) is -2.87. The van der Waals surface area contributed by atoms with Gasteiger partial charge in [0.05, 0.1) is 5.41 Å². The quantitative estimate of drug-likeness (QED) is 0.738. The van der Waals surface area contributed by atoms with Crippen molar-refractivity contribution in [1.82, 2.24) is 4.31 Å². The molecular weight excluding hydrogens is 438 g/mol. The van der Waals surface area contributed by atoms with Gasteiger partial charge in [-0.1, -0.05) is 30.3 Å². The van der Waals surface area contributed by atoms with Gasteiger partial charge in [0.15, 0.2) is 0 Å². The Labute approximate surface area is 185 Å². The fourth-order valence-electron chi connectivity index (χ4n) is 4.71. The van der Waals surface area contributed by atoms with Crippen LogP contribution in [0.25, 0.3) is 0 Å². The lowest BCUT2D eigenvalue weighted by molar-refractivity contribution is -0.139. The predicted molar refractivity (Wildman–Crippen MR) is 114 cm³/mol. The number of hydrogen-bond donors (Lipinski definition) is 1. The highest BCUT2D eigenvalue weighted by molar-refractivity contribution is 7.89. The van der Waals surface area contributed by atoms with E-state index in [0.717, 1.165) is 12.1 Å². The van der Waals surface area contributed by atoms with Gasteiger partial charge in [-0.3, -0.25) is 9.59 Å². The van der Waals surface area contributed by atoms with Crippen LogP contribution in [0.1, 0.15) is 54.5 Å². The van der Waals surface area contributed by atoms with Crippen molar-refractivity contribution in [3.8, 4) is 0 Å². The molecule has 32 heavy (non-hydrogen) atoms. The summed E-state index contributed by atoms with van der Waals surface area (Å²) in [5, 5.41) is -0.758. The van der Waals surface area contributed by atoms with Gasteiger partial charge in [0.25, 0.3) is 0 Å². The fourth-order valence-corrected chi connectivity index (χ4v) is 6.90. The van der Waals surface area contributed by atoms with Crippen molar-refractivity contribution in [3.63, 3.8) is 0 Å². The maximum atomic E-state index is 15.0. The Hall–Kier alpha value is -2.65. The summed E-state index contributed by atoms with van der Waals surface area (Å²) >= 11 is 0. The standard InChI is InChI=1S/C23H24F2N2O4S/c1-14-7-8-21(15-5-3-2-4-6-15)32(30,31)27(14)13-16-9-20(25)18(10-19(16)24)23(22(26)29)11-17(28)12-23/h2-6,9-10,14,21H,7-8,11-13H2,1H3,(H2,26,29)/t14-,21+/m0/s1. The minimum absolute atomic E-state index is 0.138. The molecule has 6 nitrogen and oxygen atoms in total. The number of carbonyl (C=O) groups is 2. The second-order valence-electron chi connectivity index (χ2n) is 8.68. The molecule has 0 spiro atoms. The Kier molecular flexibility index (Phi) is 5.67. The lowest BCUT2D eigenvalue weighted by atomic mass is 9.63. The van der Waals surface area contributed by atoms with Crippen molar-refractivity contribution in [1.29, 1.82) is 0 Å². The number of Topliss-reactive ketones (excluding diaryl/α,β-unsaturated/α-hetero) is 1. The Balaban J connectivity index is 1.67. The van der Waals surface area contributed by atoms with Crippen LogP contribution in [0.15, 0.2) is 42.5 Å². The minimum Gasteiger partial charge on any atom is -0.369 e. The molecule has 170 valence electrons. The van der Waals surface area contributed by atoms with Crippen molar-refractivity contribution >= 4 is 21.7 Å². The molecule has 1 saturated carbocycles. The Morgan fingerprint density at radius 2 is 1.78 bits per heavy atom. The molecule has 0 radical (unpaired) electrons. The van der Waals surface area contributed by atoms with E-state index < -0.39 is 38.2 Å². The number of rotatable bonds is 5. The van der Waals surface area contributed by atoms with Gasteiger partial charge in [-0.15, -0.1) is 0 Å². The number of amides is 1. The molecule has 2 fully saturated rings. The maximum absolute atomic E-state index is 15.0. The van der Waals surface area contributed by atoms with E-state index in [4.69, 9.17) is 5.73 Å². The number of ketones is 1. The molecule has 4 rings (SSSR count). The van der Waals surface area contributed by atoms with E-state index >= 15 is 4.39 Å². The van der Waals surface area contributed by atoms with Crippen molar-refractivity contribution in [2.45, 2.75) is 55.9 Å². The molecule has 1 saturated heterocycles. The highest BCUT2D eigenvalue weighted by atomic mass is 32.2. The van der Waals surface area contributed by atoms with Crippen LogP contribution in [0.3, 0.4) is 0 Å². The van der Waals surface area contributed by atoms with Gasteiger partial charge in [-0.05, 0) is 37.5 Å². The zero-order chi connectivity index (χ0) is 23.3. The molecule has 0 unspecified atom stereocenters. The second-order valence-corrected chi connectivity index (χ2v) is 10.7. The van der Waals surface area contributed by atoms with Crippen molar-refractivity contribution < 1.29 is 26.8 Å². The van der Waals surface area contributed by atoms with E-state index in [-0.39, 0.29) is 42.3 Å².